The molecular formula is C12H18O. The summed E-state index contributed by atoms with van der Waals surface area (Å²) >= 11 is 0. The Morgan fingerprint density at radius 1 is 1.00 bits per heavy atom. The highest BCUT2D eigenvalue weighted by Crippen LogP contribution is 2.36. The molecule has 0 spiro atoms. The molecule has 72 valence electrons. The largest absolute Gasteiger partial charge is 0.299 e. The molecule has 1 heteroatoms. The van der Waals surface area contributed by atoms with E-state index in [1.165, 1.54) is 24.8 Å². The molecule has 2 bridgehead atoms. The molecule has 0 N–H and O–H groups in total. The Balaban J connectivity index is 2.13. The average Bonchev–Trinajstić information content (AvgIpc) is 2.11. The van der Waals surface area contributed by atoms with Gasteiger partial charge in [-0.2, -0.15) is 0 Å². The molecule has 2 aliphatic rings. The Morgan fingerprint density at radius 2 is 1.54 bits per heavy atom. The molecule has 0 amide bonds. The van der Waals surface area contributed by atoms with Crippen molar-refractivity contribution in [3.05, 3.63) is 12.2 Å². The highest BCUT2D eigenvalue weighted by molar-refractivity contribution is 5.85. The van der Waals surface area contributed by atoms with Crippen LogP contribution in [0.15, 0.2) is 12.2 Å². The van der Waals surface area contributed by atoms with Crippen molar-refractivity contribution in [2.75, 3.05) is 0 Å². The number of ketones is 1. The normalized spacial score (nSPS) is 35.4. The maximum absolute atomic E-state index is 11.9. The van der Waals surface area contributed by atoms with Crippen LogP contribution in [0.1, 0.15) is 44.9 Å². The Labute approximate surface area is 80.2 Å². The number of hydrogen-bond acceptors (Lipinski definition) is 1. The van der Waals surface area contributed by atoms with Crippen LogP contribution in [0.3, 0.4) is 0 Å². The van der Waals surface area contributed by atoms with E-state index in [-0.39, 0.29) is 0 Å². The summed E-state index contributed by atoms with van der Waals surface area (Å²) in [6.07, 6.45) is 8.02. The number of allylic oxidation sites excluding steroid dienone is 1. The lowest BCUT2D eigenvalue weighted by Gasteiger charge is -2.31. The minimum absolute atomic E-state index is 0.339. The maximum atomic E-state index is 11.9. The number of Topliss-reactive ketones (excluding diaryl/α,β-unsaturated/α-hetero) is 1. The molecule has 2 unspecified atom stereocenters. The fourth-order valence-electron chi connectivity index (χ4n) is 2.76. The molecule has 0 radical (unpaired) electrons. The van der Waals surface area contributed by atoms with Gasteiger partial charge in [-0.15, -0.1) is 0 Å². The predicted octanol–water partition coefficient (Wildman–Crippen LogP) is 3.10. The fourth-order valence-corrected chi connectivity index (χ4v) is 2.76. The SMILES string of the molecule is C=C1CC2CCCCCC(C1)C2=O. The van der Waals surface area contributed by atoms with Gasteiger partial charge < -0.3 is 0 Å². The first-order valence-electron chi connectivity index (χ1n) is 5.48. The Morgan fingerprint density at radius 3 is 2.08 bits per heavy atom. The highest BCUT2D eigenvalue weighted by Gasteiger charge is 2.32. The molecule has 2 atom stereocenters. The Kier molecular flexibility index (Phi) is 2.52. The first-order valence-corrected chi connectivity index (χ1v) is 5.48. The molecule has 1 nitrogen and oxygen atoms in total. The van der Waals surface area contributed by atoms with E-state index in [2.05, 4.69) is 6.58 Å². The van der Waals surface area contributed by atoms with E-state index in [0.29, 0.717) is 17.6 Å². The van der Waals surface area contributed by atoms with Gasteiger partial charge in [-0.05, 0) is 25.7 Å². The number of carbonyl (C=O) groups is 1. The zero-order valence-electron chi connectivity index (χ0n) is 8.22. The second-order valence-corrected chi connectivity index (χ2v) is 4.59. The van der Waals surface area contributed by atoms with E-state index in [4.69, 9.17) is 0 Å². The molecule has 0 heterocycles. The van der Waals surface area contributed by atoms with Gasteiger partial charge in [0.15, 0.2) is 0 Å². The lowest BCUT2D eigenvalue weighted by atomic mass is 9.72. The third-order valence-corrected chi connectivity index (χ3v) is 3.48. The van der Waals surface area contributed by atoms with Crippen LogP contribution in [-0.2, 0) is 4.79 Å². The molecule has 2 saturated carbocycles. The van der Waals surface area contributed by atoms with Gasteiger partial charge in [0.2, 0.25) is 0 Å². The fraction of sp³-hybridized carbons (Fsp3) is 0.750. The van der Waals surface area contributed by atoms with Crippen molar-refractivity contribution in [1.82, 2.24) is 0 Å². The van der Waals surface area contributed by atoms with Gasteiger partial charge in [0.05, 0.1) is 0 Å². The van der Waals surface area contributed by atoms with E-state index in [1.54, 1.807) is 0 Å². The van der Waals surface area contributed by atoms with Crippen molar-refractivity contribution in [2.24, 2.45) is 11.8 Å². The minimum atomic E-state index is 0.339. The second-order valence-electron chi connectivity index (χ2n) is 4.59. The lowest BCUT2D eigenvalue weighted by Crippen LogP contribution is -2.30. The van der Waals surface area contributed by atoms with E-state index in [0.717, 1.165) is 25.7 Å². The molecule has 2 aliphatic carbocycles. The number of fused-ring (bicyclic) bond motifs is 2. The van der Waals surface area contributed by atoms with Gasteiger partial charge in [-0.1, -0.05) is 31.4 Å². The van der Waals surface area contributed by atoms with Crippen molar-refractivity contribution >= 4 is 5.78 Å². The summed E-state index contributed by atoms with van der Waals surface area (Å²) in [5, 5.41) is 0. The van der Waals surface area contributed by atoms with Gasteiger partial charge in [-0.25, -0.2) is 0 Å². The van der Waals surface area contributed by atoms with Crippen LogP contribution >= 0.6 is 0 Å². The first-order chi connectivity index (χ1) is 6.27. The lowest BCUT2D eigenvalue weighted by molar-refractivity contribution is -0.128. The third-order valence-electron chi connectivity index (χ3n) is 3.48. The van der Waals surface area contributed by atoms with Crippen LogP contribution in [0.2, 0.25) is 0 Å². The van der Waals surface area contributed by atoms with Gasteiger partial charge in [0.25, 0.3) is 0 Å². The molecule has 13 heavy (non-hydrogen) atoms. The summed E-state index contributed by atoms with van der Waals surface area (Å²) < 4.78 is 0. The third kappa shape index (κ3) is 1.84. The van der Waals surface area contributed by atoms with Crippen molar-refractivity contribution in [3.8, 4) is 0 Å². The van der Waals surface area contributed by atoms with Crippen LogP contribution in [0.4, 0.5) is 0 Å². The smallest absolute Gasteiger partial charge is 0.139 e. The molecular weight excluding hydrogens is 160 g/mol. The van der Waals surface area contributed by atoms with Crippen LogP contribution < -0.4 is 0 Å². The molecule has 0 aromatic carbocycles. The van der Waals surface area contributed by atoms with Gasteiger partial charge in [-0.3, -0.25) is 4.79 Å². The molecule has 2 rings (SSSR count). The number of carbonyl (C=O) groups excluding carboxylic acids is 1. The maximum Gasteiger partial charge on any atom is 0.139 e. The molecule has 0 aliphatic heterocycles. The molecule has 0 aromatic rings. The van der Waals surface area contributed by atoms with Gasteiger partial charge in [0.1, 0.15) is 5.78 Å². The van der Waals surface area contributed by atoms with Crippen molar-refractivity contribution < 1.29 is 4.79 Å². The molecule has 0 aromatic heterocycles. The summed E-state index contributed by atoms with van der Waals surface area (Å²) in [4.78, 5) is 11.9. The van der Waals surface area contributed by atoms with E-state index in [1.807, 2.05) is 0 Å². The monoisotopic (exact) mass is 178 g/mol. The minimum Gasteiger partial charge on any atom is -0.299 e. The van der Waals surface area contributed by atoms with E-state index >= 15 is 0 Å². The Bertz CT molecular complexity index is 209. The predicted molar refractivity (Wildman–Crippen MR) is 53.4 cm³/mol. The number of hydrogen-bond donors (Lipinski definition) is 0. The van der Waals surface area contributed by atoms with E-state index in [9.17, 15) is 4.79 Å². The summed E-state index contributed by atoms with van der Waals surface area (Å²) in [6.45, 7) is 4.05. The van der Waals surface area contributed by atoms with Crippen LogP contribution in [0, 0.1) is 11.8 Å². The van der Waals surface area contributed by atoms with Crippen molar-refractivity contribution in [3.63, 3.8) is 0 Å². The van der Waals surface area contributed by atoms with Gasteiger partial charge in [0, 0.05) is 11.8 Å². The molecule has 2 fully saturated rings. The summed E-state index contributed by atoms with van der Waals surface area (Å²) in [5.74, 6) is 1.23. The topological polar surface area (TPSA) is 17.1 Å². The highest BCUT2D eigenvalue weighted by atomic mass is 16.1. The summed E-state index contributed by atoms with van der Waals surface area (Å²) in [6, 6.07) is 0. The van der Waals surface area contributed by atoms with Crippen molar-refractivity contribution in [2.45, 2.75) is 44.9 Å². The van der Waals surface area contributed by atoms with E-state index < -0.39 is 0 Å². The van der Waals surface area contributed by atoms with Crippen LogP contribution in [0.5, 0.6) is 0 Å². The van der Waals surface area contributed by atoms with Crippen LogP contribution in [0.25, 0.3) is 0 Å². The summed E-state index contributed by atoms with van der Waals surface area (Å²) in [5.41, 5.74) is 1.32. The summed E-state index contributed by atoms with van der Waals surface area (Å²) in [7, 11) is 0. The quantitative estimate of drug-likeness (QED) is 0.521. The first kappa shape index (κ1) is 8.98. The van der Waals surface area contributed by atoms with Crippen molar-refractivity contribution in [1.29, 1.82) is 0 Å². The zero-order valence-corrected chi connectivity index (χ0v) is 8.22. The van der Waals surface area contributed by atoms with Gasteiger partial charge >= 0.3 is 0 Å². The van der Waals surface area contributed by atoms with Crippen LogP contribution in [-0.4, -0.2) is 5.78 Å². The second kappa shape index (κ2) is 3.65. The Hall–Kier alpha value is -0.590. The molecule has 0 saturated heterocycles. The number of rotatable bonds is 0. The standard InChI is InChI=1S/C12H18O/c1-9-7-10-5-3-2-4-6-11(8-9)12(10)13/h10-11H,1-8H2. The average molecular weight is 178 g/mol. The zero-order chi connectivity index (χ0) is 9.26.